The van der Waals surface area contributed by atoms with Gasteiger partial charge in [0.05, 0.1) is 12.8 Å². The zero-order valence-electron chi connectivity index (χ0n) is 14.2. The molecule has 25 heavy (non-hydrogen) atoms. The van der Waals surface area contributed by atoms with E-state index in [0.717, 1.165) is 11.3 Å². The van der Waals surface area contributed by atoms with Crippen molar-refractivity contribution in [3.8, 4) is 5.75 Å². The summed E-state index contributed by atoms with van der Waals surface area (Å²) in [6.07, 6.45) is 2.50. The lowest BCUT2D eigenvalue weighted by molar-refractivity contribution is -0.116. The second-order valence-corrected chi connectivity index (χ2v) is 5.70. The monoisotopic (exact) mass is 337 g/mol. The third kappa shape index (κ3) is 3.68. The molecule has 2 aromatic heterocycles. The lowest BCUT2D eigenvalue weighted by Gasteiger charge is -2.09. The minimum Gasteiger partial charge on any atom is -0.497 e. The first-order valence-corrected chi connectivity index (χ1v) is 7.99. The Kier molecular flexibility index (Phi) is 4.79. The average molecular weight is 337 g/mol. The van der Waals surface area contributed by atoms with Crippen LogP contribution in [0.15, 0.2) is 53.5 Å². The number of aromatic nitrogens is 2. The van der Waals surface area contributed by atoms with Crippen molar-refractivity contribution in [3.63, 3.8) is 0 Å². The second kappa shape index (κ2) is 7.17. The minimum absolute atomic E-state index is 0.214. The van der Waals surface area contributed by atoms with E-state index in [2.05, 4.69) is 10.3 Å². The number of rotatable bonds is 5. The van der Waals surface area contributed by atoms with Crippen LogP contribution in [0.2, 0.25) is 0 Å². The van der Waals surface area contributed by atoms with Gasteiger partial charge in [-0.25, -0.2) is 4.98 Å². The first kappa shape index (κ1) is 16.7. The predicted molar refractivity (Wildman–Crippen MR) is 96.1 cm³/mol. The zero-order chi connectivity index (χ0) is 17.8. The number of nitrogens with one attached hydrogen (secondary N) is 1. The fourth-order valence-electron chi connectivity index (χ4n) is 2.60. The highest BCUT2D eigenvalue weighted by Gasteiger charge is 2.12. The molecule has 0 saturated carbocycles. The number of pyridine rings is 1. The van der Waals surface area contributed by atoms with Crippen molar-refractivity contribution in [2.24, 2.45) is 0 Å². The van der Waals surface area contributed by atoms with Gasteiger partial charge in [-0.05, 0) is 43.2 Å². The summed E-state index contributed by atoms with van der Waals surface area (Å²) < 4.78 is 6.53. The van der Waals surface area contributed by atoms with Crippen molar-refractivity contribution in [2.75, 3.05) is 12.4 Å². The minimum atomic E-state index is -0.277. The van der Waals surface area contributed by atoms with E-state index < -0.39 is 0 Å². The smallest absolute Gasteiger partial charge is 0.281 e. The number of aryl methyl sites for hydroxylation is 2. The van der Waals surface area contributed by atoms with Gasteiger partial charge in [0.15, 0.2) is 0 Å². The second-order valence-electron chi connectivity index (χ2n) is 5.70. The first-order valence-electron chi connectivity index (χ1n) is 7.99. The van der Waals surface area contributed by atoms with E-state index in [1.807, 2.05) is 30.3 Å². The van der Waals surface area contributed by atoms with Crippen LogP contribution in [0.25, 0.3) is 5.65 Å². The number of ether oxygens (including phenoxy) is 1. The van der Waals surface area contributed by atoms with Gasteiger partial charge in [-0.15, -0.1) is 0 Å². The maximum atomic E-state index is 12.5. The average Bonchev–Trinajstić information content (AvgIpc) is 2.64. The molecule has 0 aliphatic rings. The molecule has 0 bridgehead atoms. The van der Waals surface area contributed by atoms with Gasteiger partial charge in [-0.1, -0.05) is 18.2 Å². The molecule has 128 valence electrons. The van der Waals surface area contributed by atoms with Gasteiger partial charge in [-0.2, -0.15) is 0 Å². The van der Waals surface area contributed by atoms with Crippen molar-refractivity contribution < 1.29 is 9.53 Å². The molecule has 0 atom stereocenters. The summed E-state index contributed by atoms with van der Waals surface area (Å²) in [5.41, 5.74) is 2.04. The topological polar surface area (TPSA) is 72.7 Å². The van der Waals surface area contributed by atoms with Gasteiger partial charge < -0.3 is 10.1 Å². The van der Waals surface area contributed by atoms with E-state index in [1.54, 1.807) is 32.4 Å². The third-order valence-corrected chi connectivity index (χ3v) is 3.98. The van der Waals surface area contributed by atoms with Gasteiger partial charge in [0, 0.05) is 12.6 Å². The van der Waals surface area contributed by atoms with Gasteiger partial charge in [0.1, 0.15) is 17.1 Å². The molecule has 0 fully saturated rings. The Morgan fingerprint density at radius 2 is 1.96 bits per heavy atom. The van der Waals surface area contributed by atoms with Crippen LogP contribution < -0.4 is 15.6 Å². The highest BCUT2D eigenvalue weighted by atomic mass is 16.5. The van der Waals surface area contributed by atoms with Gasteiger partial charge in [0.2, 0.25) is 5.91 Å². The molecule has 0 radical (unpaired) electrons. The van der Waals surface area contributed by atoms with Gasteiger partial charge >= 0.3 is 0 Å². The number of amides is 1. The number of carbonyl (C=O) groups excluding carboxylic acids is 1. The number of benzene rings is 1. The van der Waals surface area contributed by atoms with Gasteiger partial charge in [0.25, 0.3) is 5.56 Å². The number of hydrogen-bond acceptors (Lipinski definition) is 4. The molecule has 1 amide bonds. The highest BCUT2D eigenvalue weighted by molar-refractivity contribution is 5.91. The Morgan fingerprint density at radius 3 is 2.68 bits per heavy atom. The predicted octanol–water partition coefficient (Wildman–Crippen LogP) is 2.58. The number of nitrogens with zero attached hydrogens (tertiary/aromatic N) is 2. The van der Waals surface area contributed by atoms with Crippen molar-refractivity contribution in [2.45, 2.75) is 19.8 Å². The molecular weight excluding hydrogens is 318 g/mol. The lowest BCUT2D eigenvalue weighted by atomic mass is 10.1. The van der Waals surface area contributed by atoms with Crippen molar-refractivity contribution in [1.82, 2.24) is 9.38 Å². The van der Waals surface area contributed by atoms with Crippen LogP contribution in [0.1, 0.15) is 17.7 Å². The fourth-order valence-corrected chi connectivity index (χ4v) is 2.60. The summed E-state index contributed by atoms with van der Waals surface area (Å²) in [5, 5.41) is 2.70. The summed E-state index contributed by atoms with van der Waals surface area (Å²) in [5.74, 6) is 0.563. The summed E-state index contributed by atoms with van der Waals surface area (Å²) >= 11 is 0. The molecule has 0 unspecified atom stereocenters. The quantitative estimate of drug-likeness (QED) is 0.777. The van der Waals surface area contributed by atoms with E-state index >= 15 is 0 Å². The maximum absolute atomic E-state index is 12.5. The normalized spacial score (nSPS) is 10.6. The molecule has 0 aliphatic heterocycles. The van der Waals surface area contributed by atoms with Crippen molar-refractivity contribution in [1.29, 1.82) is 0 Å². The van der Waals surface area contributed by atoms with E-state index in [-0.39, 0.29) is 23.6 Å². The summed E-state index contributed by atoms with van der Waals surface area (Å²) in [6.45, 7) is 1.72. The van der Waals surface area contributed by atoms with Crippen molar-refractivity contribution in [3.05, 3.63) is 70.3 Å². The van der Waals surface area contributed by atoms with Crippen LogP contribution in [-0.2, 0) is 11.2 Å². The number of hydrogen-bond donors (Lipinski definition) is 1. The number of fused-ring (bicyclic) bond motifs is 1. The van der Waals surface area contributed by atoms with Crippen LogP contribution in [0.5, 0.6) is 5.75 Å². The Balaban J connectivity index is 1.72. The molecule has 6 heteroatoms. The molecule has 3 aromatic rings. The molecular formula is C19H19N3O3. The molecule has 0 aliphatic carbocycles. The molecule has 1 N–H and O–H groups in total. The van der Waals surface area contributed by atoms with Crippen molar-refractivity contribution >= 4 is 17.2 Å². The van der Waals surface area contributed by atoms with Crippen LogP contribution >= 0.6 is 0 Å². The zero-order valence-corrected chi connectivity index (χ0v) is 14.2. The van der Waals surface area contributed by atoms with E-state index in [9.17, 15) is 9.59 Å². The van der Waals surface area contributed by atoms with Gasteiger partial charge in [-0.3, -0.25) is 14.0 Å². The SMILES string of the molecule is COc1ccc(CCC(=O)Nc2c(C)nc3ccccn3c2=O)cc1. The number of carbonyl (C=O) groups is 1. The Bertz CT molecular complexity index is 962. The number of anilines is 1. The Morgan fingerprint density at radius 1 is 1.20 bits per heavy atom. The van der Waals surface area contributed by atoms with Crippen LogP contribution in [0.4, 0.5) is 5.69 Å². The molecule has 6 nitrogen and oxygen atoms in total. The molecule has 3 rings (SSSR count). The number of methoxy groups -OCH3 is 1. The summed E-state index contributed by atoms with van der Waals surface area (Å²) in [6, 6.07) is 12.9. The largest absolute Gasteiger partial charge is 0.497 e. The standard InChI is InChI=1S/C19H19N3O3/c1-13-18(19(24)22-12-4-3-5-16(22)20-13)21-17(23)11-8-14-6-9-15(25-2)10-7-14/h3-7,9-10,12H,8,11H2,1-2H3,(H,21,23). The Hall–Kier alpha value is -3.15. The summed E-state index contributed by atoms with van der Waals surface area (Å²) in [7, 11) is 1.61. The molecule has 1 aromatic carbocycles. The first-order chi connectivity index (χ1) is 12.1. The third-order valence-electron chi connectivity index (χ3n) is 3.98. The van der Waals surface area contributed by atoms with Crippen LogP contribution in [-0.4, -0.2) is 22.4 Å². The van der Waals surface area contributed by atoms with E-state index in [1.165, 1.54) is 4.40 Å². The van der Waals surface area contributed by atoms with E-state index in [4.69, 9.17) is 4.74 Å². The summed E-state index contributed by atoms with van der Waals surface area (Å²) in [4.78, 5) is 29.1. The van der Waals surface area contributed by atoms with E-state index in [0.29, 0.717) is 17.8 Å². The molecule has 0 saturated heterocycles. The van der Waals surface area contributed by atoms with Crippen LogP contribution in [0, 0.1) is 6.92 Å². The Labute approximate surface area is 145 Å². The maximum Gasteiger partial charge on any atom is 0.281 e. The lowest BCUT2D eigenvalue weighted by Crippen LogP contribution is -2.25. The fraction of sp³-hybridized carbons (Fsp3) is 0.211. The highest BCUT2D eigenvalue weighted by Crippen LogP contribution is 2.13. The van der Waals surface area contributed by atoms with Crippen LogP contribution in [0.3, 0.4) is 0 Å². The molecule has 2 heterocycles. The molecule has 0 spiro atoms.